The summed E-state index contributed by atoms with van der Waals surface area (Å²) in [5.41, 5.74) is 8.27. The van der Waals surface area contributed by atoms with Crippen molar-refractivity contribution in [3.8, 4) is 17.5 Å². The maximum absolute atomic E-state index is 13.4. The molecule has 40 heavy (non-hydrogen) atoms. The minimum Gasteiger partial charge on any atom is -0.306 e. The lowest BCUT2D eigenvalue weighted by molar-refractivity contribution is 0.0993. The number of ketones is 1. The first-order valence-corrected chi connectivity index (χ1v) is 13.8. The van der Waals surface area contributed by atoms with Crippen molar-refractivity contribution in [3.05, 3.63) is 113 Å². The molecule has 1 fully saturated rings. The Morgan fingerprint density at radius 3 is 2.75 bits per heavy atom. The summed E-state index contributed by atoms with van der Waals surface area (Å²) >= 11 is 0. The highest BCUT2D eigenvalue weighted by Gasteiger charge is 2.13. The van der Waals surface area contributed by atoms with E-state index in [2.05, 4.69) is 67.6 Å². The molecule has 7 heteroatoms. The topological polar surface area (TPSA) is 68.3 Å². The van der Waals surface area contributed by atoms with Crippen molar-refractivity contribution in [1.29, 1.82) is 0 Å². The number of imidazole rings is 2. The van der Waals surface area contributed by atoms with Crippen molar-refractivity contribution in [3.63, 3.8) is 0 Å². The lowest BCUT2D eigenvalue weighted by Gasteiger charge is -2.12. The second kappa shape index (κ2) is 11.3. The molecule has 1 saturated heterocycles. The van der Waals surface area contributed by atoms with Crippen molar-refractivity contribution < 1.29 is 4.79 Å². The fraction of sp³-hybridized carbons (Fsp3) is 0.273. The van der Waals surface area contributed by atoms with Crippen LogP contribution < -0.4 is 0 Å². The van der Waals surface area contributed by atoms with Crippen LogP contribution in [-0.4, -0.2) is 54.2 Å². The van der Waals surface area contributed by atoms with E-state index in [1.165, 1.54) is 25.9 Å². The van der Waals surface area contributed by atoms with Gasteiger partial charge in [-0.3, -0.25) is 14.2 Å². The van der Waals surface area contributed by atoms with Crippen LogP contribution in [0.15, 0.2) is 73.7 Å². The number of hydrogen-bond donors (Lipinski definition) is 0. The summed E-state index contributed by atoms with van der Waals surface area (Å²) in [7, 11) is 0. The maximum Gasteiger partial charge on any atom is 0.167 e. The first-order chi connectivity index (χ1) is 19.5. The largest absolute Gasteiger partial charge is 0.306 e. The van der Waals surface area contributed by atoms with Gasteiger partial charge in [-0.2, -0.15) is 0 Å². The van der Waals surface area contributed by atoms with Crippen LogP contribution in [0.2, 0.25) is 0 Å². The van der Waals surface area contributed by atoms with Crippen LogP contribution in [-0.2, 0) is 12.8 Å². The molecule has 1 aliphatic rings. The third-order valence-corrected chi connectivity index (χ3v) is 7.51. The quantitative estimate of drug-likeness (QED) is 0.220. The van der Waals surface area contributed by atoms with Gasteiger partial charge in [0.25, 0.3) is 0 Å². The minimum absolute atomic E-state index is 0.0670. The number of benzene rings is 2. The standard InChI is InChI=1S/C33H32N6O/c1-24-15-26(17-31(16-24)38-22-29(36-23-38)9-13-37-11-3-4-12-37)18-32(40)28-6-5-25(2)27(19-28)7-8-30-20-35-33-21-34-10-14-39(30)33/h5-6,10,14-17,19-23H,3-4,9,11-13,18H2,1-2H3. The zero-order valence-corrected chi connectivity index (χ0v) is 23.0. The van der Waals surface area contributed by atoms with E-state index in [0.717, 1.165) is 57.9 Å². The first-order valence-electron chi connectivity index (χ1n) is 13.8. The molecule has 0 bridgehead atoms. The summed E-state index contributed by atoms with van der Waals surface area (Å²) < 4.78 is 3.96. The average Bonchev–Trinajstić information content (AvgIpc) is 3.73. The highest BCUT2D eigenvalue weighted by atomic mass is 16.1. The van der Waals surface area contributed by atoms with Crippen molar-refractivity contribution >= 4 is 11.4 Å². The molecule has 0 unspecified atom stereocenters. The highest BCUT2D eigenvalue weighted by Crippen LogP contribution is 2.19. The number of carbonyl (C=O) groups excluding carboxylic acids is 1. The number of hydrogen-bond acceptors (Lipinski definition) is 5. The molecule has 200 valence electrons. The molecular formula is C33H32N6O. The Morgan fingerprint density at radius 2 is 1.88 bits per heavy atom. The number of carbonyl (C=O) groups is 1. The predicted molar refractivity (Wildman–Crippen MR) is 156 cm³/mol. The number of nitrogens with zero attached hydrogens (tertiary/aromatic N) is 6. The van der Waals surface area contributed by atoms with Gasteiger partial charge in [0.15, 0.2) is 11.4 Å². The van der Waals surface area contributed by atoms with Gasteiger partial charge in [-0.25, -0.2) is 9.97 Å². The average molecular weight is 529 g/mol. The maximum atomic E-state index is 13.4. The van der Waals surface area contributed by atoms with E-state index in [1.807, 2.05) is 42.0 Å². The van der Waals surface area contributed by atoms with Gasteiger partial charge in [-0.05, 0) is 80.6 Å². The van der Waals surface area contributed by atoms with Crippen molar-refractivity contribution in [2.75, 3.05) is 19.6 Å². The summed E-state index contributed by atoms with van der Waals surface area (Å²) in [6, 6.07) is 12.1. The number of likely N-dealkylation sites (tertiary alicyclic amines) is 1. The molecule has 0 spiro atoms. The smallest absolute Gasteiger partial charge is 0.167 e. The van der Waals surface area contributed by atoms with E-state index < -0.39 is 0 Å². The number of aromatic nitrogens is 5. The Bertz CT molecular complexity index is 1750. The molecule has 0 atom stereocenters. The Morgan fingerprint density at radius 1 is 1.00 bits per heavy atom. The number of rotatable bonds is 7. The van der Waals surface area contributed by atoms with Crippen molar-refractivity contribution in [2.24, 2.45) is 0 Å². The number of fused-ring (bicyclic) bond motifs is 1. The van der Waals surface area contributed by atoms with Crippen LogP contribution in [0.25, 0.3) is 11.3 Å². The molecule has 2 aromatic carbocycles. The normalized spacial score (nSPS) is 13.4. The van der Waals surface area contributed by atoms with E-state index in [4.69, 9.17) is 0 Å². The Kier molecular flexibility index (Phi) is 7.26. The van der Waals surface area contributed by atoms with Gasteiger partial charge in [0.05, 0.1) is 24.4 Å². The summed E-state index contributed by atoms with van der Waals surface area (Å²) in [6.45, 7) is 7.53. The molecule has 1 aliphatic heterocycles. The van der Waals surface area contributed by atoms with Gasteiger partial charge in [-0.15, -0.1) is 0 Å². The Labute approximate surface area is 234 Å². The van der Waals surface area contributed by atoms with Gasteiger partial charge < -0.3 is 9.47 Å². The number of aryl methyl sites for hydroxylation is 2. The summed E-state index contributed by atoms with van der Waals surface area (Å²) in [5.74, 6) is 6.51. The predicted octanol–water partition coefficient (Wildman–Crippen LogP) is 5.00. The van der Waals surface area contributed by atoms with Crippen molar-refractivity contribution in [1.82, 2.24) is 28.8 Å². The zero-order chi connectivity index (χ0) is 27.5. The van der Waals surface area contributed by atoms with Crippen LogP contribution >= 0.6 is 0 Å². The van der Waals surface area contributed by atoms with E-state index >= 15 is 0 Å². The third-order valence-electron chi connectivity index (χ3n) is 7.51. The summed E-state index contributed by atoms with van der Waals surface area (Å²) in [5, 5.41) is 0. The zero-order valence-electron chi connectivity index (χ0n) is 23.0. The molecule has 0 N–H and O–H groups in total. The van der Waals surface area contributed by atoms with Crippen LogP contribution in [0.3, 0.4) is 0 Å². The van der Waals surface area contributed by atoms with Gasteiger partial charge >= 0.3 is 0 Å². The lowest BCUT2D eigenvalue weighted by Crippen LogP contribution is -2.22. The number of Topliss-reactive ketones (excluding diaryl/α,β-unsaturated/α-hetero) is 1. The van der Waals surface area contributed by atoms with E-state index in [1.54, 1.807) is 18.6 Å². The molecule has 0 saturated carbocycles. The molecule has 5 aromatic rings. The third kappa shape index (κ3) is 5.73. The van der Waals surface area contributed by atoms with E-state index in [9.17, 15) is 4.79 Å². The second-order valence-electron chi connectivity index (χ2n) is 10.6. The Hall–Kier alpha value is -4.54. The molecule has 3 aromatic heterocycles. The minimum atomic E-state index is 0.0670. The fourth-order valence-electron chi connectivity index (χ4n) is 5.29. The van der Waals surface area contributed by atoms with Crippen molar-refractivity contribution in [2.45, 2.75) is 39.5 Å². The molecule has 0 amide bonds. The SMILES string of the molecule is Cc1cc(CC(=O)c2ccc(C)c(C#Cc3cnc4cnccn34)c2)cc(-n2cnc(CCN3CCCC3)c2)c1. The van der Waals surface area contributed by atoms with E-state index in [0.29, 0.717) is 12.0 Å². The fourth-order valence-corrected chi connectivity index (χ4v) is 5.29. The van der Waals surface area contributed by atoms with Gasteiger partial charge in [0.2, 0.25) is 0 Å². The van der Waals surface area contributed by atoms with Crippen LogP contribution in [0, 0.1) is 25.7 Å². The molecule has 4 heterocycles. The van der Waals surface area contributed by atoms with Gasteiger partial charge in [0, 0.05) is 54.8 Å². The molecule has 0 radical (unpaired) electrons. The Balaban J connectivity index is 1.18. The molecule has 0 aliphatic carbocycles. The second-order valence-corrected chi connectivity index (χ2v) is 10.6. The van der Waals surface area contributed by atoms with Gasteiger partial charge in [-0.1, -0.05) is 24.1 Å². The van der Waals surface area contributed by atoms with Crippen LogP contribution in [0.5, 0.6) is 0 Å². The molecular weight excluding hydrogens is 496 g/mol. The lowest BCUT2D eigenvalue weighted by atomic mass is 9.98. The molecule has 7 nitrogen and oxygen atoms in total. The van der Waals surface area contributed by atoms with E-state index in [-0.39, 0.29) is 5.78 Å². The molecule has 6 rings (SSSR count). The first kappa shape index (κ1) is 25.7. The summed E-state index contributed by atoms with van der Waals surface area (Å²) in [6.07, 6.45) is 14.9. The summed E-state index contributed by atoms with van der Waals surface area (Å²) in [4.78, 5) is 29.0. The monoisotopic (exact) mass is 528 g/mol. The van der Waals surface area contributed by atoms with Crippen LogP contribution in [0.4, 0.5) is 0 Å². The highest BCUT2D eigenvalue weighted by molar-refractivity contribution is 5.98. The van der Waals surface area contributed by atoms with Crippen LogP contribution in [0.1, 0.15) is 56.8 Å². The van der Waals surface area contributed by atoms with Gasteiger partial charge in [0.1, 0.15) is 5.69 Å².